The molecule has 5 heteroatoms. The minimum atomic E-state index is -0.422. The maximum Gasteiger partial charge on any atom is 0.280 e. The van der Waals surface area contributed by atoms with Gasteiger partial charge in [-0.15, -0.1) is 6.42 Å². The minimum Gasteiger partial charge on any atom is -0.361 e. The summed E-state index contributed by atoms with van der Waals surface area (Å²) < 4.78 is 4.69. The fourth-order valence-electron chi connectivity index (χ4n) is 0.715. The summed E-state index contributed by atoms with van der Waals surface area (Å²) >= 11 is 0. The predicted octanol–water partition coefficient (Wildman–Crippen LogP) is 0.278. The summed E-state index contributed by atoms with van der Waals surface area (Å²) in [5, 5.41) is 3.44. The lowest BCUT2D eigenvalue weighted by Crippen LogP contribution is -2.24. The molecule has 0 atom stereocenters. The number of terminal acetylenes is 1. The van der Waals surface area contributed by atoms with E-state index in [9.17, 15) is 4.79 Å². The summed E-state index contributed by atoms with van der Waals surface area (Å²) in [6.45, 7) is 1.65. The second-order valence-corrected chi connectivity index (χ2v) is 2.22. The Hall–Kier alpha value is -1.80. The number of aryl methyl sites for hydroxylation is 1. The van der Waals surface area contributed by atoms with Crippen molar-refractivity contribution in [3.63, 3.8) is 0 Å². The fourth-order valence-corrected chi connectivity index (χ4v) is 0.715. The van der Waals surface area contributed by atoms with Crippen LogP contribution in [0.2, 0.25) is 0 Å². The SMILES string of the molecule is C#CCONC(=O)c1cnoc1C. The molecule has 0 aliphatic carbocycles. The van der Waals surface area contributed by atoms with Gasteiger partial charge in [-0.3, -0.25) is 9.63 Å². The first-order valence-electron chi connectivity index (χ1n) is 3.52. The number of hydrogen-bond acceptors (Lipinski definition) is 4. The van der Waals surface area contributed by atoms with E-state index in [4.69, 9.17) is 6.42 Å². The molecular weight excluding hydrogens is 172 g/mol. The van der Waals surface area contributed by atoms with E-state index in [0.717, 1.165) is 0 Å². The number of hydrogen-bond donors (Lipinski definition) is 1. The van der Waals surface area contributed by atoms with E-state index in [0.29, 0.717) is 11.3 Å². The second-order valence-electron chi connectivity index (χ2n) is 2.22. The van der Waals surface area contributed by atoms with E-state index in [2.05, 4.69) is 25.9 Å². The van der Waals surface area contributed by atoms with E-state index < -0.39 is 5.91 Å². The summed E-state index contributed by atoms with van der Waals surface area (Å²) in [6, 6.07) is 0. The fraction of sp³-hybridized carbons (Fsp3) is 0.250. The maximum atomic E-state index is 11.2. The Labute approximate surface area is 75.0 Å². The van der Waals surface area contributed by atoms with Crippen molar-refractivity contribution in [1.29, 1.82) is 0 Å². The molecule has 0 unspecified atom stereocenters. The van der Waals surface area contributed by atoms with Gasteiger partial charge in [0, 0.05) is 0 Å². The third-order valence-corrected chi connectivity index (χ3v) is 1.32. The molecule has 0 aliphatic rings. The first kappa shape index (κ1) is 9.29. The van der Waals surface area contributed by atoms with Crippen LogP contribution in [0.5, 0.6) is 0 Å². The topological polar surface area (TPSA) is 64.4 Å². The van der Waals surface area contributed by atoms with Gasteiger partial charge in [0.05, 0.1) is 6.20 Å². The van der Waals surface area contributed by atoms with Gasteiger partial charge in [0.1, 0.15) is 17.9 Å². The van der Waals surface area contributed by atoms with Crippen molar-refractivity contribution in [2.45, 2.75) is 6.92 Å². The molecule has 5 nitrogen and oxygen atoms in total. The average Bonchev–Trinajstić information content (AvgIpc) is 2.52. The Kier molecular flexibility index (Phi) is 3.06. The van der Waals surface area contributed by atoms with E-state index in [1.54, 1.807) is 6.92 Å². The Bertz CT molecular complexity index is 337. The van der Waals surface area contributed by atoms with Gasteiger partial charge in [-0.05, 0) is 6.92 Å². The molecule has 1 N–H and O–H groups in total. The van der Waals surface area contributed by atoms with Crippen LogP contribution in [0, 0.1) is 19.3 Å². The van der Waals surface area contributed by atoms with Gasteiger partial charge in [0.2, 0.25) is 0 Å². The largest absolute Gasteiger partial charge is 0.361 e. The van der Waals surface area contributed by atoms with E-state index in [1.807, 2.05) is 0 Å². The molecule has 68 valence electrons. The van der Waals surface area contributed by atoms with Crippen molar-refractivity contribution in [2.24, 2.45) is 0 Å². The zero-order valence-electron chi connectivity index (χ0n) is 7.03. The summed E-state index contributed by atoms with van der Waals surface area (Å²) in [5.41, 5.74) is 2.48. The van der Waals surface area contributed by atoms with Crippen LogP contribution in [-0.4, -0.2) is 17.7 Å². The van der Waals surface area contributed by atoms with Gasteiger partial charge in [-0.2, -0.15) is 0 Å². The Morgan fingerprint density at radius 2 is 2.69 bits per heavy atom. The van der Waals surface area contributed by atoms with Crippen molar-refractivity contribution in [3.8, 4) is 12.3 Å². The lowest BCUT2D eigenvalue weighted by molar-refractivity contribution is 0.0436. The highest BCUT2D eigenvalue weighted by molar-refractivity contribution is 5.93. The van der Waals surface area contributed by atoms with Crippen LogP contribution in [0.1, 0.15) is 16.1 Å². The molecule has 1 aromatic rings. The standard InChI is InChI=1S/C8H8N2O3/c1-3-4-12-10-8(11)7-5-9-13-6(7)2/h1,5H,4H2,2H3,(H,10,11). The van der Waals surface area contributed by atoms with E-state index in [1.165, 1.54) is 6.20 Å². The average molecular weight is 180 g/mol. The lowest BCUT2D eigenvalue weighted by atomic mass is 10.3. The lowest BCUT2D eigenvalue weighted by Gasteiger charge is -1.99. The van der Waals surface area contributed by atoms with E-state index >= 15 is 0 Å². The molecule has 0 aliphatic heterocycles. The van der Waals surface area contributed by atoms with Crippen LogP contribution in [0.3, 0.4) is 0 Å². The van der Waals surface area contributed by atoms with Crippen LogP contribution in [-0.2, 0) is 4.84 Å². The van der Waals surface area contributed by atoms with Crippen molar-refractivity contribution in [2.75, 3.05) is 6.61 Å². The third kappa shape index (κ3) is 2.32. The van der Waals surface area contributed by atoms with Crippen LogP contribution in [0.4, 0.5) is 0 Å². The number of nitrogens with zero attached hydrogens (tertiary/aromatic N) is 1. The molecule has 13 heavy (non-hydrogen) atoms. The van der Waals surface area contributed by atoms with Crippen LogP contribution < -0.4 is 5.48 Å². The zero-order valence-corrected chi connectivity index (χ0v) is 7.03. The first-order chi connectivity index (χ1) is 6.25. The molecule has 0 fully saturated rings. The number of hydroxylamine groups is 1. The van der Waals surface area contributed by atoms with Gasteiger partial charge in [0.25, 0.3) is 5.91 Å². The zero-order chi connectivity index (χ0) is 9.68. The van der Waals surface area contributed by atoms with Crippen LogP contribution in [0.15, 0.2) is 10.7 Å². The van der Waals surface area contributed by atoms with Gasteiger partial charge in [-0.25, -0.2) is 5.48 Å². The molecule has 1 aromatic heterocycles. The predicted molar refractivity (Wildman–Crippen MR) is 43.5 cm³/mol. The smallest absolute Gasteiger partial charge is 0.280 e. The van der Waals surface area contributed by atoms with Gasteiger partial charge >= 0.3 is 0 Å². The molecule has 1 heterocycles. The summed E-state index contributed by atoms with van der Waals surface area (Å²) in [7, 11) is 0. The molecular formula is C8H8N2O3. The normalized spacial score (nSPS) is 9.23. The first-order valence-corrected chi connectivity index (χ1v) is 3.52. The highest BCUT2D eigenvalue weighted by Gasteiger charge is 2.11. The number of aromatic nitrogens is 1. The van der Waals surface area contributed by atoms with Gasteiger partial charge in [-0.1, -0.05) is 11.1 Å². The van der Waals surface area contributed by atoms with E-state index in [-0.39, 0.29) is 6.61 Å². The minimum absolute atomic E-state index is 0.0239. The maximum absolute atomic E-state index is 11.2. The highest BCUT2D eigenvalue weighted by Crippen LogP contribution is 2.04. The van der Waals surface area contributed by atoms with Gasteiger partial charge < -0.3 is 4.52 Å². The molecule has 0 saturated heterocycles. The third-order valence-electron chi connectivity index (χ3n) is 1.32. The molecule has 0 radical (unpaired) electrons. The highest BCUT2D eigenvalue weighted by atomic mass is 16.6. The molecule has 0 bridgehead atoms. The number of amides is 1. The summed E-state index contributed by atoms with van der Waals surface area (Å²) in [5.74, 6) is 2.22. The van der Waals surface area contributed by atoms with Crippen molar-refractivity contribution >= 4 is 5.91 Å². The molecule has 0 saturated carbocycles. The van der Waals surface area contributed by atoms with Crippen LogP contribution in [0.25, 0.3) is 0 Å². The van der Waals surface area contributed by atoms with Gasteiger partial charge in [0.15, 0.2) is 0 Å². The molecule has 0 aromatic carbocycles. The quantitative estimate of drug-likeness (QED) is 0.412. The summed E-state index contributed by atoms with van der Waals surface area (Å²) in [6.07, 6.45) is 6.22. The number of carbonyl (C=O) groups excluding carboxylic acids is 1. The number of nitrogens with one attached hydrogen (secondary N) is 1. The monoisotopic (exact) mass is 180 g/mol. The Balaban J connectivity index is 2.50. The second kappa shape index (κ2) is 4.28. The molecule has 0 spiro atoms. The molecule has 1 rings (SSSR count). The number of rotatable bonds is 3. The number of carbonyl (C=O) groups is 1. The Morgan fingerprint density at radius 1 is 1.92 bits per heavy atom. The Morgan fingerprint density at radius 3 is 3.23 bits per heavy atom. The van der Waals surface area contributed by atoms with Crippen molar-refractivity contribution < 1.29 is 14.2 Å². The van der Waals surface area contributed by atoms with Crippen LogP contribution >= 0.6 is 0 Å². The van der Waals surface area contributed by atoms with Crippen molar-refractivity contribution in [1.82, 2.24) is 10.6 Å². The summed E-state index contributed by atoms with van der Waals surface area (Å²) in [4.78, 5) is 15.8. The molecule has 1 amide bonds. The van der Waals surface area contributed by atoms with Crippen molar-refractivity contribution in [3.05, 3.63) is 17.5 Å².